The molecule has 0 amide bonds. The van der Waals surface area contributed by atoms with E-state index in [0.29, 0.717) is 22.1 Å². The fourth-order valence-corrected chi connectivity index (χ4v) is 2.04. The number of hydrogen-bond acceptors (Lipinski definition) is 3. The highest BCUT2D eigenvalue weighted by Gasteiger charge is 2.13. The Bertz CT molecular complexity index is 559. The summed E-state index contributed by atoms with van der Waals surface area (Å²) in [5, 5.41) is 9.61. The van der Waals surface area contributed by atoms with E-state index in [2.05, 4.69) is 0 Å². The largest absolute Gasteiger partial charge is 0.493 e. The van der Waals surface area contributed by atoms with Gasteiger partial charge in [-0.1, -0.05) is 29.8 Å². The van der Waals surface area contributed by atoms with Crippen molar-refractivity contribution in [3.8, 4) is 11.5 Å². The summed E-state index contributed by atoms with van der Waals surface area (Å²) in [7, 11) is 1.50. The van der Waals surface area contributed by atoms with E-state index in [1.54, 1.807) is 24.3 Å². The summed E-state index contributed by atoms with van der Waals surface area (Å²) in [6, 6.07) is 9.60. The summed E-state index contributed by atoms with van der Waals surface area (Å²) < 4.78 is 24.4. The Morgan fingerprint density at radius 1 is 1.20 bits per heavy atom. The van der Waals surface area contributed by atoms with Crippen LogP contribution in [0.15, 0.2) is 36.4 Å². The number of hydrogen-bond donors (Lipinski definition) is 1. The predicted octanol–water partition coefficient (Wildman–Crippen LogP) is 3.56. The maximum absolute atomic E-state index is 13.7. The minimum atomic E-state index is -0.432. The van der Waals surface area contributed by atoms with Gasteiger partial charge in [-0.25, -0.2) is 4.39 Å². The van der Waals surface area contributed by atoms with Crippen molar-refractivity contribution in [2.24, 2.45) is 0 Å². The first-order chi connectivity index (χ1) is 9.67. The summed E-state index contributed by atoms with van der Waals surface area (Å²) in [4.78, 5) is 0. The molecule has 0 unspecified atom stereocenters. The molecule has 0 heterocycles. The molecule has 0 fully saturated rings. The van der Waals surface area contributed by atoms with Crippen LogP contribution in [-0.4, -0.2) is 12.2 Å². The van der Waals surface area contributed by atoms with Crippen LogP contribution in [0.5, 0.6) is 11.5 Å². The van der Waals surface area contributed by atoms with Gasteiger partial charge < -0.3 is 14.6 Å². The van der Waals surface area contributed by atoms with Crippen molar-refractivity contribution < 1.29 is 19.0 Å². The second-order valence-corrected chi connectivity index (χ2v) is 4.50. The van der Waals surface area contributed by atoms with Crippen LogP contribution >= 0.6 is 11.6 Å². The Balaban J connectivity index is 2.27. The van der Waals surface area contributed by atoms with E-state index in [1.165, 1.54) is 19.2 Å². The number of rotatable bonds is 5. The van der Waals surface area contributed by atoms with Gasteiger partial charge in [0.25, 0.3) is 0 Å². The quantitative estimate of drug-likeness (QED) is 0.917. The molecule has 1 N–H and O–H groups in total. The molecule has 5 heteroatoms. The van der Waals surface area contributed by atoms with E-state index in [-0.39, 0.29) is 18.8 Å². The zero-order chi connectivity index (χ0) is 14.5. The molecule has 0 aliphatic carbocycles. The third-order valence-corrected chi connectivity index (χ3v) is 3.23. The molecule has 0 spiro atoms. The molecule has 20 heavy (non-hydrogen) atoms. The van der Waals surface area contributed by atoms with Gasteiger partial charge in [0, 0.05) is 11.1 Å². The van der Waals surface area contributed by atoms with Gasteiger partial charge in [-0.3, -0.25) is 0 Å². The summed E-state index contributed by atoms with van der Waals surface area (Å²) in [5.74, 6) is 0.429. The van der Waals surface area contributed by atoms with E-state index in [4.69, 9.17) is 21.1 Å². The van der Waals surface area contributed by atoms with E-state index < -0.39 is 5.82 Å². The maximum Gasteiger partial charge on any atom is 0.167 e. The molecule has 2 aromatic carbocycles. The molecule has 0 aliphatic rings. The van der Waals surface area contributed by atoms with Crippen LogP contribution in [0.3, 0.4) is 0 Å². The third-order valence-electron chi connectivity index (χ3n) is 2.87. The summed E-state index contributed by atoms with van der Waals surface area (Å²) >= 11 is 5.94. The Kier molecular flexibility index (Phi) is 4.82. The van der Waals surface area contributed by atoms with Gasteiger partial charge in [0.05, 0.1) is 18.7 Å². The van der Waals surface area contributed by atoms with Crippen molar-refractivity contribution in [3.63, 3.8) is 0 Å². The van der Waals surface area contributed by atoms with Gasteiger partial charge in [0.2, 0.25) is 0 Å². The maximum atomic E-state index is 13.7. The highest BCUT2D eigenvalue weighted by Crippen LogP contribution is 2.32. The van der Waals surface area contributed by atoms with Gasteiger partial charge in [0.1, 0.15) is 12.4 Å². The lowest BCUT2D eigenvalue weighted by Gasteiger charge is -2.14. The fraction of sp³-hybridized carbons (Fsp3) is 0.200. The molecular weight excluding hydrogens is 283 g/mol. The molecule has 2 rings (SSSR count). The molecule has 0 atom stereocenters. The number of benzene rings is 2. The van der Waals surface area contributed by atoms with Crippen molar-refractivity contribution in [1.82, 2.24) is 0 Å². The molecule has 3 nitrogen and oxygen atoms in total. The fourth-order valence-electron chi connectivity index (χ4n) is 1.82. The highest BCUT2D eigenvalue weighted by molar-refractivity contribution is 6.31. The third kappa shape index (κ3) is 3.03. The van der Waals surface area contributed by atoms with Gasteiger partial charge in [-0.15, -0.1) is 0 Å². The number of aliphatic hydroxyl groups is 1. The van der Waals surface area contributed by atoms with Crippen LogP contribution in [0.1, 0.15) is 11.1 Å². The number of para-hydroxylation sites is 1. The van der Waals surface area contributed by atoms with Gasteiger partial charge in [0.15, 0.2) is 11.5 Å². The van der Waals surface area contributed by atoms with Crippen molar-refractivity contribution in [3.05, 3.63) is 58.4 Å². The summed E-state index contributed by atoms with van der Waals surface area (Å²) in [5.41, 5.74) is 0.834. The van der Waals surface area contributed by atoms with Gasteiger partial charge in [-0.2, -0.15) is 0 Å². The van der Waals surface area contributed by atoms with Crippen LogP contribution in [0.25, 0.3) is 0 Å². The van der Waals surface area contributed by atoms with Crippen molar-refractivity contribution in [1.29, 1.82) is 0 Å². The second-order valence-electron chi connectivity index (χ2n) is 4.10. The van der Waals surface area contributed by atoms with Crippen molar-refractivity contribution in [2.75, 3.05) is 7.11 Å². The highest BCUT2D eigenvalue weighted by atomic mass is 35.5. The summed E-state index contributed by atoms with van der Waals surface area (Å²) in [6.07, 6.45) is 0. The normalized spacial score (nSPS) is 10.4. The second kappa shape index (κ2) is 6.59. The first kappa shape index (κ1) is 14.6. The van der Waals surface area contributed by atoms with E-state index >= 15 is 0 Å². The molecule has 0 aliphatic heterocycles. The zero-order valence-corrected chi connectivity index (χ0v) is 11.7. The molecule has 0 aromatic heterocycles. The molecule has 0 bridgehead atoms. The Labute approximate surface area is 121 Å². The number of halogens is 2. The van der Waals surface area contributed by atoms with E-state index in [1.807, 2.05) is 0 Å². The Morgan fingerprint density at radius 3 is 2.60 bits per heavy atom. The molecule has 106 valence electrons. The average Bonchev–Trinajstić information content (AvgIpc) is 2.46. The van der Waals surface area contributed by atoms with Crippen LogP contribution in [0.2, 0.25) is 5.02 Å². The van der Waals surface area contributed by atoms with Gasteiger partial charge in [-0.05, 0) is 18.2 Å². The van der Waals surface area contributed by atoms with Crippen molar-refractivity contribution >= 4 is 11.6 Å². The van der Waals surface area contributed by atoms with Crippen LogP contribution in [0, 0.1) is 5.82 Å². The lowest BCUT2D eigenvalue weighted by Crippen LogP contribution is -2.03. The lowest BCUT2D eigenvalue weighted by atomic mass is 10.2. The average molecular weight is 297 g/mol. The SMILES string of the molecule is COc1cccc(CO)c1OCc1c(F)cccc1Cl. The summed E-state index contributed by atoms with van der Waals surface area (Å²) in [6.45, 7) is -0.240. The number of methoxy groups -OCH3 is 1. The molecule has 0 saturated heterocycles. The minimum absolute atomic E-state index is 0.0428. The molecule has 0 radical (unpaired) electrons. The zero-order valence-electron chi connectivity index (χ0n) is 10.9. The van der Waals surface area contributed by atoms with Crippen molar-refractivity contribution in [2.45, 2.75) is 13.2 Å². The molecule has 2 aromatic rings. The topological polar surface area (TPSA) is 38.7 Å². The smallest absolute Gasteiger partial charge is 0.167 e. The first-order valence-corrected chi connectivity index (χ1v) is 6.37. The van der Waals surface area contributed by atoms with E-state index in [9.17, 15) is 9.50 Å². The monoisotopic (exact) mass is 296 g/mol. The molecule has 0 saturated carbocycles. The lowest BCUT2D eigenvalue weighted by molar-refractivity contribution is 0.248. The van der Waals surface area contributed by atoms with Crippen LogP contribution in [-0.2, 0) is 13.2 Å². The predicted molar refractivity (Wildman–Crippen MR) is 74.7 cm³/mol. The number of aliphatic hydroxyl groups excluding tert-OH is 1. The number of ether oxygens (including phenoxy) is 2. The van der Waals surface area contributed by atoms with Gasteiger partial charge >= 0.3 is 0 Å². The first-order valence-electron chi connectivity index (χ1n) is 5.99. The molecular formula is C15H14ClFO3. The Morgan fingerprint density at radius 2 is 1.95 bits per heavy atom. The standard InChI is InChI=1S/C15H14ClFO3/c1-19-14-7-2-4-10(8-18)15(14)20-9-11-12(16)5-3-6-13(11)17/h2-7,18H,8-9H2,1H3. The minimum Gasteiger partial charge on any atom is -0.493 e. The Hall–Kier alpha value is -1.78. The van der Waals surface area contributed by atoms with Crippen LogP contribution in [0.4, 0.5) is 4.39 Å². The van der Waals surface area contributed by atoms with E-state index in [0.717, 1.165) is 0 Å². The van der Waals surface area contributed by atoms with Crippen LogP contribution < -0.4 is 9.47 Å².